The number of rotatable bonds is 4. The van der Waals surface area contributed by atoms with E-state index in [1.54, 1.807) is 12.1 Å². The molecular formula is C27H21Cl2FZr. The van der Waals surface area contributed by atoms with E-state index in [1.165, 1.54) is 17.6 Å². The van der Waals surface area contributed by atoms with Gasteiger partial charge in [0.2, 0.25) is 0 Å². The zero-order chi connectivity index (χ0) is 19.6. The first-order valence-electron chi connectivity index (χ1n) is 10.0. The third kappa shape index (κ3) is 4.68. The minimum Gasteiger partial charge on any atom is -1.00 e. The maximum absolute atomic E-state index is 15.1. The fourth-order valence-electron chi connectivity index (χ4n) is 4.39. The summed E-state index contributed by atoms with van der Waals surface area (Å²) < 4.78 is 18.3. The van der Waals surface area contributed by atoms with Crippen LogP contribution in [0.3, 0.4) is 0 Å². The molecule has 31 heavy (non-hydrogen) atoms. The van der Waals surface area contributed by atoms with Crippen molar-refractivity contribution in [3.8, 4) is 0 Å². The first-order chi connectivity index (χ1) is 14.3. The van der Waals surface area contributed by atoms with Crippen LogP contribution in [0.4, 0.5) is 4.39 Å². The van der Waals surface area contributed by atoms with Crippen LogP contribution in [0, 0.1) is 5.82 Å². The van der Waals surface area contributed by atoms with Gasteiger partial charge in [-0.2, -0.15) is 0 Å². The fourth-order valence-corrected chi connectivity index (χ4v) is 12.9. The van der Waals surface area contributed by atoms with Gasteiger partial charge in [0.1, 0.15) is 0 Å². The zero-order valence-electron chi connectivity index (χ0n) is 16.8. The van der Waals surface area contributed by atoms with E-state index in [9.17, 15) is 0 Å². The molecule has 0 nitrogen and oxygen atoms in total. The van der Waals surface area contributed by atoms with Crippen molar-refractivity contribution in [1.82, 2.24) is 0 Å². The minimum absolute atomic E-state index is 0. The summed E-state index contributed by atoms with van der Waals surface area (Å²) in [5.41, 5.74) is 4.65. The summed E-state index contributed by atoms with van der Waals surface area (Å²) in [5.74, 6) is -0.119. The summed E-state index contributed by atoms with van der Waals surface area (Å²) in [4.78, 5) is 0. The molecule has 5 rings (SSSR count). The Labute approximate surface area is 203 Å². The van der Waals surface area contributed by atoms with Crippen LogP contribution in [0.2, 0.25) is 0 Å². The zero-order valence-corrected chi connectivity index (χ0v) is 20.8. The predicted molar refractivity (Wildman–Crippen MR) is 116 cm³/mol. The molecule has 1 unspecified atom stereocenters. The fraction of sp³-hybridized carbons (Fsp3) is 0.0741. The molecule has 3 aromatic carbocycles. The third-order valence-corrected chi connectivity index (χ3v) is 13.8. The normalized spacial score (nSPS) is 16.1. The molecule has 0 radical (unpaired) electrons. The van der Waals surface area contributed by atoms with E-state index in [4.69, 9.17) is 0 Å². The molecule has 0 aliphatic heterocycles. The Balaban J connectivity index is 0.00000136. The van der Waals surface area contributed by atoms with Crippen molar-refractivity contribution in [3.63, 3.8) is 0 Å². The Bertz CT molecular complexity index is 1190. The second-order valence-electron chi connectivity index (χ2n) is 7.42. The Morgan fingerprint density at radius 2 is 1.55 bits per heavy atom. The molecule has 0 bridgehead atoms. The van der Waals surface area contributed by atoms with Gasteiger partial charge in [0.05, 0.1) is 0 Å². The van der Waals surface area contributed by atoms with Gasteiger partial charge in [0.15, 0.2) is 0 Å². The Hall–Kier alpha value is -1.86. The van der Waals surface area contributed by atoms with E-state index in [0.717, 1.165) is 17.5 Å². The van der Waals surface area contributed by atoms with E-state index in [0.29, 0.717) is 3.63 Å². The molecule has 0 aromatic heterocycles. The van der Waals surface area contributed by atoms with Crippen LogP contribution < -0.4 is 24.8 Å². The molecule has 0 amide bonds. The number of halogens is 3. The van der Waals surface area contributed by atoms with Gasteiger partial charge in [-0.1, -0.05) is 0 Å². The van der Waals surface area contributed by atoms with Crippen LogP contribution in [0.25, 0.3) is 6.08 Å². The van der Waals surface area contributed by atoms with Gasteiger partial charge in [-0.3, -0.25) is 0 Å². The molecule has 0 heterocycles. The monoisotopic (exact) mass is 524 g/mol. The molecule has 0 spiro atoms. The van der Waals surface area contributed by atoms with E-state index in [1.807, 2.05) is 18.2 Å². The largest absolute Gasteiger partial charge is 1.00 e. The molecule has 0 fully saturated rings. The van der Waals surface area contributed by atoms with Crippen molar-refractivity contribution < 1.29 is 50.5 Å². The summed E-state index contributed by atoms with van der Waals surface area (Å²) in [5, 5.41) is 0. The molecular weight excluding hydrogens is 505 g/mol. The van der Waals surface area contributed by atoms with Crippen molar-refractivity contribution >= 4 is 9.28 Å². The molecule has 154 valence electrons. The van der Waals surface area contributed by atoms with Gasteiger partial charge < -0.3 is 24.8 Å². The first kappa shape index (κ1) is 23.8. The van der Waals surface area contributed by atoms with Crippen LogP contribution >= 0.6 is 0 Å². The summed E-state index contributed by atoms with van der Waals surface area (Å²) in [6.45, 7) is 0. The van der Waals surface area contributed by atoms with Crippen molar-refractivity contribution in [1.29, 1.82) is 0 Å². The predicted octanol–water partition coefficient (Wildman–Crippen LogP) is 0.633. The Kier molecular flexibility index (Phi) is 8.17. The van der Waals surface area contributed by atoms with Crippen LogP contribution in [0.15, 0.2) is 106 Å². The molecule has 2 aliphatic carbocycles. The van der Waals surface area contributed by atoms with Crippen molar-refractivity contribution in [2.24, 2.45) is 0 Å². The number of hydrogen-bond acceptors (Lipinski definition) is 0. The summed E-state index contributed by atoms with van der Waals surface area (Å²) in [6, 6.07) is 26.5. The molecule has 2 aliphatic rings. The summed E-state index contributed by atoms with van der Waals surface area (Å²) in [6.07, 6.45) is 12.3. The smallest absolute Gasteiger partial charge is 1.00 e. The maximum atomic E-state index is 15.1. The number of benzene rings is 3. The van der Waals surface area contributed by atoms with Crippen LogP contribution in [0.1, 0.15) is 32.3 Å². The van der Waals surface area contributed by atoms with Gasteiger partial charge in [-0.15, -0.1) is 0 Å². The Morgan fingerprint density at radius 3 is 2.29 bits per heavy atom. The number of allylic oxidation sites excluding steroid dienone is 5. The average Bonchev–Trinajstić information content (AvgIpc) is 3.44. The third-order valence-electron chi connectivity index (χ3n) is 5.70. The minimum atomic E-state index is -2.56. The van der Waals surface area contributed by atoms with Gasteiger partial charge in [0, 0.05) is 0 Å². The number of hydrogen-bond donors (Lipinski definition) is 0. The summed E-state index contributed by atoms with van der Waals surface area (Å²) >= 11 is -2.56. The molecule has 0 saturated heterocycles. The topological polar surface area (TPSA) is 0 Å². The van der Waals surface area contributed by atoms with Gasteiger partial charge >= 0.3 is 180 Å². The molecule has 1 atom stereocenters. The first-order valence-corrected chi connectivity index (χ1v) is 13.9. The van der Waals surface area contributed by atoms with Crippen molar-refractivity contribution in [2.75, 3.05) is 0 Å². The van der Waals surface area contributed by atoms with Crippen LogP contribution in [-0.2, 0) is 21.3 Å². The van der Waals surface area contributed by atoms with Crippen molar-refractivity contribution in [2.45, 2.75) is 10.0 Å². The maximum Gasteiger partial charge on any atom is -1.00 e. The van der Waals surface area contributed by atoms with E-state index in [-0.39, 0.29) is 30.6 Å². The van der Waals surface area contributed by atoms with E-state index < -0.39 is 21.3 Å². The van der Waals surface area contributed by atoms with Crippen molar-refractivity contribution in [3.05, 3.63) is 135 Å². The van der Waals surface area contributed by atoms with Crippen LogP contribution in [0.5, 0.6) is 0 Å². The average molecular weight is 527 g/mol. The quantitative estimate of drug-likeness (QED) is 0.468. The molecule has 3 aromatic rings. The SMILES string of the molecule is Fc1ccccc1[C](c1ccccc1)=[Zr+2]([C]1=CC=CC1)[CH]1C=Cc2ccccc21.[Cl-].[Cl-]. The van der Waals surface area contributed by atoms with Gasteiger partial charge in [0.25, 0.3) is 0 Å². The second kappa shape index (κ2) is 10.6. The second-order valence-corrected chi connectivity index (χ2v) is 13.8. The number of fused-ring (bicyclic) bond motifs is 1. The molecule has 0 N–H and O–H groups in total. The molecule has 0 saturated carbocycles. The standard InChI is InChI=1S/C13H9F.C9H7.C5H5.2ClH.Zr/c14-13-9-5-4-8-12(13)10-11-6-2-1-3-7-11;1-2-5-9-7-3-6-8(9)4-1;1-2-4-5-3-1;;;/h1-9H;1-7H;1-3H,4H2;2*1H;/q;;;;;+2/p-2. The Morgan fingerprint density at radius 1 is 0.839 bits per heavy atom. The van der Waals surface area contributed by atoms with Gasteiger partial charge in [-0.25, -0.2) is 0 Å². The summed E-state index contributed by atoms with van der Waals surface area (Å²) in [7, 11) is 0. The van der Waals surface area contributed by atoms with E-state index in [2.05, 4.69) is 78.9 Å². The molecule has 4 heteroatoms. The van der Waals surface area contributed by atoms with E-state index >= 15 is 4.39 Å². The van der Waals surface area contributed by atoms with Crippen LogP contribution in [-0.4, -0.2) is 3.21 Å². The van der Waals surface area contributed by atoms with Gasteiger partial charge in [-0.05, 0) is 0 Å².